The van der Waals surface area contributed by atoms with Crippen molar-refractivity contribution in [3.63, 3.8) is 0 Å². The Kier molecular flexibility index (Phi) is 5.83. The number of nitro groups is 1. The molecule has 0 saturated carbocycles. The van der Waals surface area contributed by atoms with Crippen molar-refractivity contribution in [2.45, 2.75) is 0 Å². The minimum Gasteiger partial charge on any atom is -0.382 e. The van der Waals surface area contributed by atoms with Crippen LogP contribution < -0.4 is 5.32 Å². The average molecular weight is 272 g/mol. The number of amides is 1. The predicted octanol–water partition coefficient (Wildman–Crippen LogP) is 1.34. The molecule has 0 spiro atoms. The molecule has 1 N–H and O–H groups in total. The lowest BCUT2D eigenvalue weighted by molar-refractivity contribution is -0.384. The van der Waals surface area contributed by atoms with Crippen LogP contribution in [0.4, 0.5) is 15.8 Å². The van der Waals surface area contributed by atoms with Crippen LogP contribution in [0.15, 0.2) is 18.2 Å². The number of hydrogen-bond donors (Lipinski definition) is 1. The zero-order valence-corrected chi connectivity index (χ0v) is 10.2. The molecule has 0 aliphatic heterocycles. The highest BCUT2D eigenvalue weighted by Crippen LogP contribution is 2.24. The molecule has 0 aliphatic carbocycles. The molecule has 19 heavy (non-hydrogen) atoms. The summed E-state index contributed by atoms with van der Waals surface area (Å²) >= 11 is 0. The molecule has 0 unspecified atom stereocenters. The SMILES string of the molecule is COCCOCC(=O)Nc1ccc(F)cc1[N+](=O)[O-]. The largest absolute Gasteiger partial charge is 0.382 e. The van der Waals surface area contributed by atoms with Crippen LogP contribution in [0.5, 0.6) is 0 Å². The van der Waals surface area contributed by atoms with Gasteiger partial charge in [0.1, 0.15) is 18.1 Å². The first-order valence-corrected chi connectivity index (χ1v) is 5.35. The molecule has 0 aromatic heterocycles. The van der Waals surface area contributed by atoms with Crippen LogP contribution in [0.2, 0.25) is 0 Å². The molecule has 1 amide bonds. The second-order valence-corrected chi connectivity index (χ2v) is 3.51. The van der Waals surface area contributed by atoms with Gasteiger partial charge in [-0.3, -0.25) is 14.9 Å². The third-order valence-corrected chi connectivity index (χ3v) is 2.10. The van der Waals surface area contributed by atoms with Gasteiger partial charge in [0.05, 0.1) is 24.2 Å². The molecule has 0 atom stereocenters. The number of rotatable bonds is 7. The van der Waals surface area contributed by atoms with Crippen molar-refractivity contribution in [3.05, 3.63) is 34.1 Å². The molecule has 1 aromatic carbocycles. The van der Waals surface area contributed by atoms with Crippen molar-refractivity contribution in [2.24, 2.45) is 0 Å². The number of halogens is 1. The highest BCUT2D eigenvalue weighted by atomic mass is 19.1. The summed E-state index contributed by atoms with van der Waals surface area (Å²) in [5.41, 5.74) is -0.586. The number of carbonyl (C=O) groups is 1. The summed E-state index contributed by atoms with van der Waals surface area (Å²) in [6.07, 6.45) is 0. The van der Waals surface area contributed by atoms with Crippen molar-refractivity contribution in [1.82, 2.24) is 0 Å². The number of nitro benzene ring substituents is 1. The lowest BCUT2D eigenvalue weighted by Crippen LogP contribution is -2.20. The Morgan fingerprint density at radius 2 is 2.21 bits per heavy atom. The van der Waals surface area contributed by atoms with Crippen LogP contribution in [-0.2, 0) is 14.3 Å². The Morgan fingerprint density at radius 1 is 1.47 bits per heavy atom. The summed E-state index contributed by atoms with van der Waals surface area (Å²) < 4.78 is 22.5. The predicted molar refractivity (Wildman–Crippen MR) is 64.4 cm³/mol. The number of nitrogens with zero attached hydrogens (tertiary/aromatic N) is 1. The van der Waals surface area contributed by atoms with Crippen LogP contribution in [0.1, 0.15) is 0 Å². The summed E-state index contributed by atoms with van der Waals surface area (Å²) in [6.45, 7) is 0.303. The molecule has 0 heterocycles. The minimum absolute atomic E-state index is 0.0771. The van der Waals surface area contributed by atoms with Gasteiger partial charge in [-0.2, -0.15) is 0 Å². The van der Waals surface area contributed by atoms with Crippen LogP contribution >= 0.6 is 0 Å². The second kappa shape index (κ2) is 7.39. The van der Waals surface area contributed by atoms with E-state index in [9.17, 15) is 19.3 Å². The van der Waals surface area contributed by atoms with Crippen LogP contribution in [0.3, 0.4) is 0 Å². The Balaban J connectivity index is 2.61. The molecule has 7 nitrogen and oxygen atoms in total. The zero-order chi connectivity index (χ0) is 14.3. The first-order valence-electron chi connectivity index (χ1n) is 5.35. The molecular formula is C11H13FN2O5. The fourth-order valence-electron chi connectivity index (χ4n) is 1.25. The standard InChI is InChI=1S/C11H13FN2O5/c1-18-4-5-19-7-11(15)13-9-3-2-8(12)6-10(9)14(16)17/h2-3,6H,4-5,7H2,1H3,(H,13,15). The molecule has 0 aliphatic rings. The van der Waals surface area contributed by atoms with E-state index in [2.05, 4.69) is 5.32 Å². The lowest BCUT2D eigenvalue weighted by Gasteiger charge is -2.06. The molecule has 104 valence electrons. The smallest absolute Gasteiger partial charge is 0.295 e. The van der Waals surface area contributed by atoms with E-state index in [1.54, 1.807) is 0 Å². The van der Waals surface area contributed by atoms with Gasteiger partial charge in [-0.25, -0.2) is 4.39 Å². The lowest BCUT2D eigenvalue weighted by atomic mass is 10.2. The van der Waals surface area contributed by atoms with Crippen LogP contribution in [0.25, 0.3) is 0 Å². The van der Waals surface area contributed by atoms with E-state index in [1.807, 2.05) is 0 Å². The van der Waals surface area contributed by atoms with Crippen molar-refractivity contribution in [1.29, 1.82) is 0 Å². The number of ether oxygens (including phenoxy) is 2. The number of methoxy groups -OCH3 is 1. The topological polar surface area (TPSA) is 90.7 Å². The fraction of sp³-hybridized carbons (Fsp3) is 0.364. The van der Waals surface area contributed by atoms with Gasteiger partial charge in [0.25, 0.3) is 11.6 Å². The van der Waals surface area contributed by atoms with Gasteiger partial charge in [-0.1, -0.05) is 0 Å². The van der Waals surface area contributed by atoms with E-state index in [0.29, 0.717) is 6.61 Å². The monoisotopic (exact) mass is 272 g/mol. The molecule has 1 aromatic rings. The molecule has 0 bridgehead atoms. The average Bonchev–Trinajstić information content (AvgIpc) is 2.36. The van der Waals surface area contributed by atoms with Crippen molar-refractivity contribution >= 4 is 17.3 Å². The Labute approximate surface area is 108 Å². The van der Waals surface area contributed by atoms with Crippen molar-refractivity contribution in [2.75, 3.05) is 32.2 Å². The molecule has 0 radical (unpaired) electrons. The van der Waals surface area contributed by atoms with E-state index in [1.165, 1.54) is 7.11 Å². The minimum atomic E-state index is -0.773. The van der Waals surface area contributed by atoms with Gasteiger partial charge >= 0.3 is 0 Å². The maximum Gasteiger partial charge on any atom is 0.295 e. The number of nitrogens with one attached hydrogen (secondary N) is 1. The summed E-state index contributed by atoms with van der Waals surface area (Å²) in [5, 5.41) is 13.0. The van der Waals surface area contributed by atoms with Gasteiger partial charge < -0.3 is 14.8 Å². The van der Waals surface area contributed by atoms with Gasteiger partial charge in [-0.05, 0) is 12.1 Å². The van der Waals surface area contributed by atoms with E-state index in [4.69, 9.17) is 9.47 Å². The van der Waals surface area contributed by atoms with E-state index < -0.39 is 22.3 Å². The van der Waals surface area contributed by atoms with Gasteiger partial charge in [0.15, 0.2) is 0 Å². The second-order valence-electron chi connectivity index (χ2n) is 3.51. The van der Waals surface area contributed by atoms with E-state index >= 15 is 0 Å². The third-order valence-electron chi connectivity index (χ3n) is 2.10. The Hall–Kier alpha value is -2.06. The fourth-order valence-corrected chi connectivity index (χ4v) is 1.25. The molecule has 1 rings (SSSR count). The van der Waals surface area contributed by atoms with Crippen LogP contribution in [-0.4, -0.2) is 37.8 Å². The maximum absolute atomic E-state index is 12.9. The number of carbonyl (C=O) groups excluding carboxylic acids is 1. The highest BCUT2D eigenvalue weighted by molar-refractivity contribution is 5.93. The first kappa shape index (κ1) is 15.0. The summed E-state index contributed by atoms with van der Waals surface area (Å²) in [5.74, 6) is -1.31. The van der Waals surface area contributed by atoms with Gasteiger partial charge in [-0.15, -0.1) is 0 Å². The quantitative estimate of drug-likeness (QED) is 0.459. The van der Waals surface area contributed by atoms with E-state index in [0.717, 1.165) is 18.2 Å². The third kappa shape index (κ3) is 4.98. The molecule has 8 heteroatoms. The number of hydrogen-bond acceptors (Lipinski definition) is 5. The normalized spacial score (nSPS) is 10.2. The molecule has 0 saturated heterocycles. The summed E-state index contributed by atoms with van der Waals surface area (Å²) in [7, 11) is 1.49. The van der Waals surface area contributed by atoms with Crippen molar-refractivity contribution in [3.8, 4) is 0 Å². The Bertz CT molecular complexity index is 466. The summed E-state index contributed by atoms with van der Waals surface area (Å²) in [4.78, 5) is 21.4. The van der Waals surface area contributed by atoms with Gasteiger partial charge in [0, 0.05) is 7.11 Å². The zero-order valence-electron chi connectivity index (χ0n) is 10.2. The number of anilines is 1. The number of benzene rings is 1. The van der Waals surface area contributed by atoms with Crippen LogP contribution in [0, 0.1) is 15.9 Å². The maximum atomic E-state index is 12.9. The molecular weight excluding hydrogens is 259 g/mol. The highest BCUT2D eigenvalue weighted by Gasteiger charge is 2.16. The van der Waals surface area contributed by atoms with Crippen molar-refractivity contribution < 1.29 is 23.6 Å². The van der Waals surface area contributed by atoms with E-state index in [-0.39, 0.29) is 18.9 Å². The van der Waals surface area contributed by atoms with Gasteiger partial charge in [0.2, 0.25) is 0 Å². The summed E-state index contributed by atoms with van der Waals surface area (Å²) in [6, 6.07) is 2.89. The first-order chi connectivity index (χ1) is 9.04. The Morgan fingerprint density at radius 3 is 2.84 bits per heavy atom. The molecule has 0 fully saturated rings.